The van der Waals surface area contributed by atoms with E-state index in [1.165, 1.54) is 6.92 Å². The summed E-state index contributed by atoms with van der Waals surface area (Å²) in [6.45, 7) is 6.07. The van der Waals surface area contributed by atoms with E-state index in [1.807, 2.05) is 17.7 Å². The number of rotatable bonds is 5. The van der Waals surface area contributed by atoms with Crippen molar-refractivity contribution in [1.29, 1.82) is 0 Å². The van der Waals surface area contributed by atoms with Crippen LogP contribution in [0.1, 0.15) is 47.6 Å². The highest BCUT2D eigenvalue weighted by atomic mass is 19.1. The van der Waals surface area contributed by atoms with E-state index in [2.05, 4.69) is 15.1 Å². The molecular weight excluding hydrogens is 499 g/mol. The lowest BCUT2D eigenvalue weighted by Gasteiger charge is -2.27. The van der Waals surface area contributed by atoms with E-state index in [0.717, 1.165) is 23.4 Å². The number of H-pyrrole nitrogens is 1. The molecule has 0 fully saturated rings. The Morgan fingerprint density at radius 2 is 1.95 bits per heavy atom. The molecule has 0 atom stereocenters. The van der Waals surface area contributed by atoms with Crippen molar-refractivity contribution in [2.45, 2.75) is 39.9 Å². The predicted molar refractivity (Wildman–Crippen MR) is 144 cm³/mol. The van der Waals surface area contributed by atoms with Crippen LogP contribution in [0.15, 0.2) is 42.9 Å². The zero-order valence-corrected chi connectivity index (χ0v) is 22.1. The van der Waals surface area contributed by atoms with E-state index in [9.17, 15) is 9.59 Å². The summed E-state index contributed by atoms with van der Waals surface area (Å²) in [6.07, 6.45) is 7.72. The van der Waals surface area contributed by atoms with Crippen molar-refractivity contribution >= 4 is 28.3 Å². The average Bonchev–Trinajstić information content (AvgIpc) is 3.68. The minimum atomic E-state index is -0.460. The molecule has 1 aromatic carbocycles. The molecule has 0 aliphatic carbocycles. The number of nitrogens with zero attached hydrogens (tertiary/aromatic N) is 5. The van der Waals surface area contributed by atoms with Crippen molar-refractivity contribution in [1.82, 2.24) is 29.5 Å². The van der Waals surface area contributed by atoms with E-state index in [0.29, 0.717) is 66.1 Å². The maximum absolute atomic E-state index is 16.2. The largest absolute Gasteiger partial charge is 0.496 e. The number of ether oxygens (including phenoxy) is 1. The molecule has 1 N–H and O–H groups in total. The first-order valence-corrected chi connectivity index (χ1v) is 13.0. The Hall–Kier alpha value is -4.47. The van der Waals surface area contributed by atoms with Crippen molar-refractivity contribution in [3.8, 4) is 16.9 Å². The third-order valence-electron chi connectivity index (χ3n) is 7.64. The number of carbonyl (C=O) groups is 2. The number of amides is 2. The van der Waals surface area contributed by atoms with Gasteiger partial charge in [0, 0.05) is 67.6 Å². The monoisotopic (exact) mass is 528 g/mol. The van der Waals surface area contributed by atoms with Crippen LogP contribution in [0.4, 0.5) is 4.39 Å². The van der Waals surface area contributed by atoms with Crippen molar-refractivity contribution in [2.75, 3.05) is 20.2 Å². The summed E-state index contributed by atoms with van der Waals surface area (Å²) in [7, 11) is 1.57. The van der Waals surface area contributed by atoms with E-state index >= 15 is 4.39 Å². The summed E-state index contributed by atoms with van der Waals surface area (Å²) < 4.78 is 23.7. The number of halogens is 1. The molecule has 0 bridgehead atoms. The molecule has 0 unspecified atom stereocenters. The van der Waals surface area contributed by atoms with Gasteiger partial charge in [0.2, 0.25) is 5.91 Å². The van der Waals surface area contributed by atoms with Crippen molar-refractivity contribution in [3.63, 3.8) is 0 Å². The number of benzene rings is 1. The van der Waals surface area contributed by atoms with Gasteiger partial charge in [-0.3, -0.25) is 19.3 Å². The van der Waals surface area contributed by atoms with Gasteiger partial charge < -0.3 is 19.5 Å². The highest BCUT2D eigenvalue weighted by molar-refractivity contribution is 6.05. The topological polar surface area (TPSA) is 96.3 Å². The molecular formula is C29H29FN6O3. The number of nitrogens with one attached hydrogen (secondary N) is 1. The van der Waals surface area contributed by atoms with Gasteiger partial charge >= 0.3 is 0 Å². The van der Waals surface area contributed by atoms with Gasteiger partial charge in [-0.25, -0.2) is 4.39 Å². The quantitative estimate of drug-likeness (QED) is 0.415. The summed E-state index contributed by atoms with van der Waals surface area (Å²) in [6, 6.07) is 5.23. The Labute approximate surface area is 224 Å². The fourth-order valence-electron chi connectivity index (χ4n) is 5.60. The van der Waals surface area contributed by atoms with E-state index in [-0.39, 0.29) is 17.3 Å². The maximum atomic E-state index is 16.2. The molecule has 3 aromatic heterocycles. The lowest BCUT2D eigenvalue weighted by Crippen LogP contribution is -2.33. The Balaban J connectivity index is 1.47. The van der Waals surface area contributed by atoms with Crippen LogP contribution in [0.3, 0.4) is 0 Å². The molecule has 0 saturated heterocycles. The Morgan fingerprint density at radius 3 is 2.72 bits per heavy atom. The minimum absolute atomic E-state index is 0.0539. The molecule has 39 heavy (non-hydrogen) atoms. The second kappa shape index (κ2) is 9.68. The van der Waals surface area contributed by atoms with E-state index < -0.39 is 5.82 Å². The van der Waals surface area contributed by atoms with Crippen molar-refractivity contribution < 1.29 is 18.7 Å². The van der Waals surface area contributed by atoms with Gasteiger partial charge in [-0.1, -0.05) is 6.08 Å². The molecule has 6 rings (SSSR count). The zero-order valence-electron chi connectivity index (χ0n) is 22.1. The van der Waals surface area contributed by atoms with Gasteiger partial charge in [-0.2, -0.15) is 5.10 Å². The number of carbonyl (C=O) groups excluding carboxylic acids is 2. The van der Waals surface area contributed by atoms with Gasteiger partial charge in [0.25, 0.3) is 5.91 Å². The number of fused-ring (bicyclic) bond motifs is 2. The highest BCUT2D eigenvalue weighted by Crippen LogP contribution is 2.40. The second-order valence-electron chi connectivity index (χ2n) is 9.89. The number of aromatic amines is 1. The maximum Gasteiger partial charge on any atom is 0.270 e. The average molecular weight is 529 g/mol. The van der Waals surface area contributed by atoms with Crippen LogP contribution in [0.25, 0.3) is 27.6 Å². The van der Waals surface area contributed by atoms with E-state index in [4.69, 9.17) is 4.74 Å². The first-order valence-electron chi connectivity index (χ1n) is 13.0. The van der Waals surface area contributed by atoms with Crippen LogP contribution >= 0.6 is 0 Å². The first-order chi connectivity index (χ1) is 18.9. The van der Waals surface area contributed by atoms with E-state index in [1.54, 1.807) is 53.7 Å². The SMILES string of the molecule is CCn1ncc2c1CN(C(=O)c1cc3c(-c4cnccc4OC)cc(C4=CCCN(C(C)=O)C4)c(F)c3[nH]1)C2. The first kappa shape index (κ1) is 24.8. The summed E-state index contributed by atoms with van der Waals surface area (Å²) in [5.41, 5.74) is 5.05. The molecule has 0 spiro atoms. The Morgan fingerprint density at radius 1 is 1.10 bits per heavy atom. The Kier molecular flexibility index (Phi) is 6.17. The Bertz CT molecular complexity index is 1650. The van der Waals surface area contributed by atoms with Crippen molar-refractivity contribution in [3.05, 3.63) is 71.2 Å². The molecule has 5 heterocycles. The normalized spacial score (nSPS) is 15.0. The molecule has 2 aliphatic heterocycles. The van der Waals surface area contributed by atoms with Crippen LogP contribution in [-0.4, -0.2) is 61.6 Å². The number of aromatic nitrogens is 4. The molecule has 4 aromatic rings. The molecule has 2 amide bonds. The van der Waals surface area contributed by atoms with Gasteiger partial charge in [0.15, 0.2) is 5.82 Å². The molecule has 2 aliphatic rings. The summed E-state index contributed by atoms with van der Waals surface area (Å²) in [4.78, 5) is 36.5. The molecule has 9 nitrogen and oxygen atoms in total. The number of aryl methyl sites for hydroxylation is 1. The van der Waals surface area contributed by atoms with Crippen LogP contribution in [0.5, 0.6) is 5.75 Å². The standard InChI is InChI=1S/C29H29FN6O3/c1-4-36-25-16-35(15-19(25)12-32-36)29(38)24-11-22-21(23-13-31-8-7-26(23)39-3)10-20(27(30)28(22)33-24)18-6-5-9-34(14-18)17(2)37/h6-8,10-13,33H,4-5,9,14-16H2,1-3H3. The van der Waals surface area contributed by atoms with Crippen LogP contribution in [-0.2, 0) is 24.4 Å². The summed E-state index contributed by atoms with van der Waals surface area (Å²) >= 11 is 0. The molecule has 10 heteroatoms. The van der Waals surface area contributed by atoms with Crippen molar-refractivity contribution in [2.24, 2.45) is 0 Å². The number of pyridine rings is 1. The fourth-order valence-corrected chi connectivity index (χ4v) is 5.60. The highest BCUT2D eigenvalue weighted by Gasteiger charge is 2.30. The van der Waals surface area contributed by atoms with Gasteiger partial charge in [-0.05, 0) is 42.7 Å². The van der Waals surface area contributed by atoms with Crippen LogP contribution in [0.2, 0.25) is 0 Å². The number of methoxy groups -OCH3 is 1. The molecule has 200 valence electrons. The minimum Gasteiger partial charge on any atom is -0.496 e. The third kappa shape index (κ3) is 4.16. The third-order valence-corrected chi connectivity index (χ3v) is 7.64. The van der Waals surface area contributed by atoms with Gasteiger partial charge in [0.1, 0.15) is 11.4 Å². The van der Waals surface area contributed by atoms with Gasteiger partial charge in [0.05, 0.1) is 31.1 Å². The fraction of sp³-hybridized carbons (Fsp3) is 0.310. The number of hydrogen-bond donors (Lipinski definition) is 1. The number of hydrogen-bond acceptors (Lipinski definition) is 5. The van der Waals surface area contributed by atoms with Gasteiger partial charge in [-0.15, -0.1) is 0 Å². The summed E-state index contributed by atoms with van der Waals surface area (Å²) in [5.74, 6) is -0.143. The summed E-state index contributed by atoms with van der Waals surface area (Å²) in [5, 5.41) is 4.93. The molecule has 0 radical (unpaired) electrons. The van der Waals surface area contributed by atoms with Crippen LogP contribution < -0.4 is 4.74 Å². The molecule has 0 saturated carbocycles. The predicted octanol–water partition coefficient (Wildman–Crippen LogP) is 4.39. The lowest BCUT2D eigenvalue weighted by atomic mass is 9.93. The second-order valence-corrected chi connectivity index (χ2v) is 9.89. The smallest absolute Gasteiger partial charge is 0.270 e. The zero-order chi connectivity index (χ0) is 27.3. The lowest BCUT2D eigenvalue weighted by molar-refractivity contribution is -0.128. The van der Waals surface area contributed by atoms with Crippen LogP contribution in [0, 0.1) is 5.82 Å².